The number of rotatable bonds is 7. The van der Waals surface area contributed by atoms with E-state index < -0.39 is 15.4 Å². The highest BCUT2D eigenvalue weighted by Gasteiger charge is 2.24. The Morgan fingerprint density at radius 2 is 1.98 bits per heavy atom. The van der Waals surface area contributed by atoms with E-state index in [0.29, 0.717) is 34.8 Å². The van der Waals surface area contributed by atoms with Gasteiger partial charge in [0.05, 0.1) is 29.6 Å². The average molecular weight is 595 g/mol. The topological polar surface area (TPSA) is 156 Å². The molecule has 218 valence electrons. The van der Waals surface area contributed by atoms with E-state index in [4.69, 9.17) is 4.98 Å². The smallest absolute Gasteiger partial charge is 0.251 e. The van der Waals surface area contributed by atoms with Gasteiger partial charge in [0.25, 0.3) is 5.62 Å². The minimum Gasteiger partial charge on any atom is -0.369 e. The fourth-order valence-corrected chi connectivity index (χ4v) is 6.20. The Morgan fingerprint density at radius 1 is 1.14 bits per heavy atom. The van der Waals surface area contributed by atoms with Gasteiger partial charge in [-0.3, -0.25) is 14.4 Å². The molecule has 0 atom stereocenters. The summed E-state index contributed by atoms with van der Waals surface area (Å²) in [6.45, 7) is 7.00. The SMILES string of the molecule is Cc1ccc(NS(=O)(=O)Cc2cc(C(C)(C)C#N)ccn2)cc1-c1cc2cnc(=Nc3cnn(C)c3)nc-2n2c1NCC2. The molecule has 1 aromatic carbocycles. The fraction of sp³-hybridized carbons (Fsp3) is 0.267. The van der Waals surface area contributed by atoms with Gasteiger partial charge in [0, 0.05) is 49.3 Å². The van der Waals surface area contributed by atoms with Crippen molar-refractivity contribution in [3.8, 4) is 28.6 Å². The first-order valence-corrected chi connectivity index (χ1v) is 15.3. The number of aromatic nitrogens is 6. The summed E-state index contributed by atoms with van der Waals surface area (Å²) >= 11 is 0. The molecule has 0 fully saturated rings. The number of aryl methyl sites for hydroxylation is 2. The molecule has 13 heteroatoms. The van der Waals surface area contributed by atoms with Crippen LogP contribution in [0.15, 0.2) is 66.2 Å². The molecule has 2 aromatic heterocycles. The Kier molecular flexibility index (Phi) is 6.94. The Morgan fingerprint density at radius 3 is 2.74 bits per heavy atom. The van der Waals surface area contributed by atoms with E-state index in [-0.39, 0.29) is 5.75 Å². The quantitative estimate of drug-likeness (QED) is 0.288. The molecule has 2 N–H and O–H groups in total. The number of hydrogen-bond donors (Lipinski definition) is 2. The van der Waals surface area contributed by atoms with Gasteiger partial charge in [0.2, 0.25) is 10.0 Å². The lowest BCUT2D eigenvalue weighted by molar-refractivity contribution is 0.599. The molecule has 0 saturated heterocycles. The molecule has 43 heavy (non-hydrogen) atoms. The van der Waals surface area contributed by atoms with Crippen molar-refractivity contribution in [2.24, 2.45) is 12.0 Å². The van der Waals surface area contributed by atoms with E-state index in [2.05, 4.69) is 40.7 Å². The van der Waals surface area contributed by atoms with E-state index in [1.807, 2.05) is 32.2 Å². The van der Waals surface area contributed by atoms with Crippen molar-refractivity contribution in [1.82, 2.24) is 29.3 Å². The van der Waals surface area contributed by atoms with E-state index in [1.54, 1.807) is 55.3 Å². The van der Waals surface area contributed by atoms with E-state index in [9.17, 15) is 13.7 Å². The van der Waals surface area contributed by atoms with Gasteiger partial charge in [0.1, 0.15) is 23.1 Å². The molecule has 0 bridgehead atoms. The molecule has 12 nitrogen and oxygen atoms in total. The van der Waals surface area contributed by atoms with Crippen LogP contribution >= 0.6 is 0 Å². The highest BCUT2D eigenvalue weighted by Crippen LogP contribution is 2.39. The number of anilines is 2. The summed E-state index contributed by atoms with van der Waals surface area (Å²) in [5.74, 6) is 1.32. The Labute approximate surface area is 249 Å². The zero-order valence-electron chi connectivity index (χ0n) is 24.2. The maximum absolute atomic E-state index is 13.2. The van der Waals surface area contributed by atoms with Crippen LogP contribution in [0, 0.1) is 18.3 Å². The summed E-state index contributed by atoms with van der Waals surface area (Å²) in [6, 6.07) is 13.1. The largest absolute Gasteiger partial charge is 0.369 e. The number of pyridine rings is 2. The summed E-state index contributed by atoms with van der Waals surface area (Å²) in [7, 11) is -1.97. The molecular formula is C30H30N10O2S. The fourth-order valence-electron chi connectivity index (χ4n) is 5.10. The number of sulfonamides is 1. The third-order valence-electron chi connectivity index (χ3n) is 7.37. The minimum absolute atomic E-state index is 0.321. The predicted octanol–water partition coefficient (Wildman–Crippen LogP) is 3.89. The van der Waals surface area contributed by atoms with Crippen LogP contribution < -0.4 is 15.7 Å². The van der Waals surface area contributed by atoms with Crippen LogP contribution in [-0.2, 0) is 34.8 Å². The standard InChI is InChI=1S/C30H30N10O2S/c1-19-5-6-22(38-43(41,42)17-23-12-21(7-8-32-23)30(2,3)18-31)13-25(19)26-11-20-14-34-29(36-24-15-35-39(4)16-24)37-27(20)40-10-9-33-28(26)40/h5-8,11-16,33,38H,9-10,17H2,1-4H3. The molecule has 0 radical (unpaired) electrons. The van der Waals surface area contributed by atoms with Crippen molar-refractivity contribution in [3.63, 3.8) is 0 Å². The molecule has 0 saturated carbocycles. The number of hydrogen-bond acceptors (Lipinski definition) is 9. The summed E-state index contributed by atoms with van der Waals surface area (Å²) in [4.78, 5) is 17.9. The number of nitriles is 1. The van der Waals surface area contributed by atoms with Gasteiger partial charge in [-0.2, -0.15) is 15.3 Å². The average Bonchev–Trinajstić information content (AvgIpc) is 3.63. The predicted molar refractivity (Wildman–Crippen MR) is 163 cm³/mol. The van der Waals surface area contributed by atoms with Crippen LogP contribution in [-0.4, -0.2) is 44.3 Å². The van der Waals surface area contributed by atoms with Crippen molar-refractivity contribution in [3.05, 3.63) is 83.6 Å². The third-order valence-corrected chi connectivity index (χ3v) is 8.59. The number of fused-ring (bicyclic) bond motifs is 3. The van der Waals surface area contributed by atoms with E-state index in [1.165, 1.54) is 6.20 Å². The van der Waals surface area contributed by atoms with Crippen molar-refractivity contribution in [1.29, 1.82) is 5.26 Å². The van der Waals surface area contributed by atoms with Crippen molar-refractivity contribution >= 4 is 27.2 Å². The summed E-state index contributed by atoms with van der Waals surface area (Å²) < 4.78 is 32.9. The third kappa shape index (κ3) is 5.69. The number of nitrogens with one attached hydrogen (secondary N) is 2. The molecule has 0 spiro atoms. The van der Waals surface area contributed by atoms with Crippen molar-refractivity contribution in [2.45, 2.75) is 38.5 Å². The van der Waals surface area contributed by atoms with E-state index >= 15 is 0 Å². The second-order valence-corrected chi connectivity index (χ2v) is 12.8. The molecule has 0 aliphatic carbocycles. The van der Waals surface area contributed by atoms with Crippen LogP contribution in [0.5, 0.6) is 0 Å². The molecule has 6 rings (SSSR count). The summed E-state index contributed by atoms with van der Waals surface area (Å²) in [5, 5.41) is 17.1. The lowest BCUT2D eigenvalue weighted by Gasteiger charge is -2.19. The Hall–Kier alpha value is -5.09. The molecule has 3 aliphatic heterocycles. The second kappa shape index (κ2) is 10.6. The molecule has 0 amide bonds. The van der Waals surface area contributed by atoms with Gasteiger partial charge in [-0.25, -0.2) is 18.4 Å². The number of benzene rings is 1. The van der Waals surface area contributed by atoms with E-state index in [0.717, 1.165) is 40.4 Å². The van der Waals surface area contributed by atoms with Crippen LogP contribution in [0.2, 0.25) is 0 Å². The normalized spacial score (nSPS) is 13.5. The van der Waals surface area contributed by atoms with Gasteiger partial charge < -0.3 is 9.88 Å². The van der Waals surface area contributed by atoms with Gasteiger partial charge in [0.15, 0.2) is 0 Å². The van der Waals surface area contributed by atoms with Crippen molar-refractivity contribution in [2.75, 3.05) is 16.6 Å². The molecule has 5 heterocycles. The van der Waals surface area contributed by atoms with Gasteiger partial charge >= 0.3 is 0 Å². The molecule has 3 aromatic rings. The van der Waals surface area contributed by atoms with Crippen LogP contribution in [0.4, 0.5) is 17.2 Å². The minimum atomic E-state index is -3.80. The van der Waals surface area contributed by atoms with Gasteiger partial charge in [-0.15, -0.1) is 0 Å². The molecule has 3 aliphatic rings. The monoisotopic (exact) mass is 594 g/mol. The van der Waals surface area contributed by atoms with Crippen LogP contribution in [0.3, 0.4) is 0 Å². The highest BCUT2D eigenvalue weighted by atomic mass is 32.2. The zero-order valence-corrected chi connectivity index (χ0v) is 25.0. The molecular weight excluding hydrogens is 564 g/mol. The highest BCUT2D eigenvalue weighted by molar-refractivity contribution is 7.91. The van der Waals surface area contributed by atoms with Gasteiger partial charge in [-0.1, -0.05) is 6.07 Å². The first-order valence-electron chi connectivity index (χ1n) is 13.7. The first-order chi connectivity index (χ1) is 20.5. The summed E-state index contributed by atoms with van der Waals surface area (Å²) in [6.07, 6.45) is 6.74. The Balaban J connectivity index is 1.33. The maximum atomic E-state index is 13.2. The summed E-state index contributed by atoms with van der Waals surface area (Å²) in [5.41, 5.74) is 5.38. The van der Waals surface area contributed by atoms with Crippen LogP contribution in [0.25, 0.3) is 22.5 Å². The van der Waals surface area contributed by atoms with Gasteiger partial charge in [-0.05, 0) is 67.8 Å². The Bertz CT molecular complexity index is 2050. The first kappa shape index (κ1) is 28.0. The second-order valence-electron chi connectivity index (χ2n) is 11.1. The maximum Gasteiger partial charge on any atom is 0.251 e. The van der Waals surface area contributed by atoms with Crippen molar-refractivity contribution < 1.29 is 8.42 Å². The zero-order chi connectivity index (χ0) is 30.4. The lowest BCUT2D eigenvalue weighted by Crippen LogP contribution is -2.18. The molecule has 0 unspecified atom stereocenters. The lowest BCUT2D eigenvalue weighted by atomic mass is 9.87. The van der Waals surface area contributed by atoms with Crippen LogP contribution in [0.1, 0.15) is 30.7 Å². The number of nitrogens with zero attached hydrogens (tertiary/aromatic N) is 8.